The Bertz CT molecular complexity index is 1290. The van der Waals surface area contributed by atoms with E-state index in [-0.39, 0.29) is 23.7 Å². The van der Waals surface area contributed by atoms with Crippen LogP contribution in [0, 0.1) is 6.92 Å². The van der Waals surface area contributed by atoms with Crippen LogP contribution in [0.1, 0.15) is 28.1 Å². The smallest absolute Gasteiger partial charge is 0.267 e. The third-order valence-electron chi connectivity index (χ3n) is 4.81. The van der Waals surface area contributed by atoms with Gasteiger partial charge in [-0.2, -0.15) is 0 Å². The van der Waals surface area contributed by atoms with E-state index < -0.39 is 21.8 Å². The van der Waals surface area contributed by atoms with Crippen LogP contribution in [0.5, 0.6) is 0 Å². The summed E-state index contributed by atoms with van der Waals surface area (Å²) in [6.45, 7) is 2.05. The molecule has 3 rings (SSSR count). The molecule has 3 aromatic rings. The van der Waals surface area contributed by atoms with Crippen LogP contribution in [-0.2, 0) is 14.8 Å². The Hall–Kier alpha value is -3.73. The van der Waals surface area contributed by atoms with E-state index in [1.807, 2.05) is 6.92 Å². The second-order valence-electron chi connectivity index (χ2n) is 7.48. The fraction of sp³-hybridized carbons (Fsp3) is 0.167. The monoisotopic (exact) mass is 483 g/mol. The molecule has 0 bridgehead atoms. The number of carbonyl (C=O) groups excluding carboxylic acids is 2. The molecule has 1 aromatic heterocycles. The van der Waals surface area contributed by atoms with Crippen molar-refractivity contribution in [2.75, 3.05) is 13.2 Å². The molecular formula is C24H25N3O6S. The number of carbonyl (C=O) groups is 2. The van der Waals surface area contributed by atoms with E-state index in [1.165, 1.54) is 18.2 Å². The molecule has 0 saturated heterocycles. The third-order valence-corrected chi connectivity index (χ3v) is 5.74. The molecule has 1 heterocycles. The van der Waals surface area contributed by atoms with Gasteiger partial charge in [-0.3, -0.25) is 9.59 Å². The van der Waals surface area contributed by atoms with Crippen LogP contribution >= 0.6 is 0 Å². The zero-order chi connectivity index (χ0) is 24.7. The lowest BCUT2D eigenvalue weighted by Crippen LogP contribution is -2.35. The fourth-order valence-electron chi connectivity index (χ4n) is 2.97. The molecule has 0 spiro atoms. The Morgan fingerprint density at radius 2 is 1.71 bits per heavy atom. The number of rotatable bonds is 9. The predicted octanol–water partition coefficient (Wildman–Crippen LogP) is 2.17. The largest absolute Gasteiger partial charge is 0.457 e. The molecule has 0 atom stereocenters. The van der Waals surface area contributed by atoms with Gasteiger partial charge < -0.3 is 20.2 Å². The van der Waals surface area contributed by atoms with Crippen LogP contribution in [0.3, 0.4) is 0 Å². The zero-order valence-electron chi connectivity index (χ0n) is 18.4. The first-order valence-electron chi connectivity index (χ1n) is 10.4. The summed E-state index contributed by atoms with van der Waals surface area (Å²) in [6.07, 6.45) is 1.76. The van der Waals surface area contributed by atoms with Gasteiger partial charge in [-0.05, 0) is 61.9 Å². The number of benzene rings is 2. The normalized spacial score (nSPS) is 11.8. The maximum Gasteiger partial charge on any atom is 0.267 e. The summed E-state index contributed by atoms with van der Waals surface area (Å²) in [5.41, 5.74) is 1.95. The first-order chi connectivity index (χ1) is 16.2. The summed E-state index contributed by atoms with van der Waals surface area (Å²) < 4.78 is 28.6. The molecule has 0 aliphatic carbocycles. The maximum atomic E-state index is 12.7. The minimum Gasteiger partial charge on any atom is -0.457 e. The Morgan fingerprint density at radius 3 is 2.32 bits per heavy atom. The Labute approximate surface area is 197 Å². The number of nitrogens with one attached hydrogen (secondary N) is 2. The molecule has 0 radical (unpaired) electrons. The fourth-order valence-corrected chi connectivity index (χ4v) is 3.49. The minimum atomic E-state index is -3.81. The van der Waals surface area contributed by atoms with Crippen LogP contribution in [0.25, 0.3) is 17.4 Å². The lowest BCUT2D eigenvalue weighted by Gasteiger charge is -2.10. The van der Waals surface area contributed by atoms with Crippen molar-refractivity contribution in [3.63, 3.8) is 0 Å². The van der Waals surface area contributed by atoms with Gasteiger partial charge in [0.15, 0.2) is 0 Å². The minimum absolute atomic E-state index is 0.0245. The number of amides is 2. The number of aliphatic hydroxyl groups excluding tert-OH is 1. The first-order valence-corrected chi connectivity index (χ1v) is 11.9. The number of nitrogens with two attached hydrogens (primary N) is 1. The number of hydrogen-bond donors (Lipinski definition) is 4. The van der Waals surface area contributed by atoms with Crippen LogP contribution < -0.4 is 15.8 Å². The summed E-state index contributed by atoms with van der Waals surface area (Å²) in [7, 11) is -3.81. The Kier molecular flexibility index (Phi) is 8.00. The second kappa shape index (κ2) is 10.9. The standard InChI is InChI=1S/C24H25N3O6S/c1-16-3-5-18(6-4-16)23(29)27-21(24(30)26-13-2-14-28)15-19-9-12-22(33-19)17-7-10-20(11-8-17)34(25,31)32/h3-12,15,28H,2,13-14H2,1H3,(H,26,30)(H,27,29)(H2,25,31,32)/b21-15+. The number of aliphatic hydroxyl groups is 1. The SMILES string of the molecule is Cc1ccc(C(=O)N/C(=C/c2ccc(-c3ccc(S(N)(=O)=O)cc3)o2)C(=O)NCCCO)cc1. The highest BCUT2D eigenvalue weighted by atomic mass is 32.2. The van der Waals surface area contributed by atoms with Gasteiger partial charge in [0.2, 0.25) is 10.0 Å². The highest BCUT2D eigenvalue weighted by Crippen LogP contribution is 2.24. The molecule has 0 unspecified atom stereocenters. The molecule has 34 heavy (non-hydrogen) atoms. The molecular weight excluding hydrogens is 458 g/mol. The van der Waals surface area contributed by atoms with Crippen molar-refractivity contribution in [3.05, 3.63) is 83.2 Å². The molecule has 0 fully saturated rings. The summed E-state index contributed by atoms with van der Waals surface area (Å²) >= 11 is 0. The van der Waals surface area contributed by atoms with Crippen molar-refractivity contribution in [1.82, 2.24) is 10.6 Å². The number of furan rings is 1. The average Bonchev–Trinajstić information content (AvgIpc) is 3.27. The topological polar surface area (TPSA) is 152 Å². The van der Waals surface area contributed by atoms with Crippen molar-refractivity contribution >= 4 is 27.9 Å². The number of hydrogen-bond acceptors (Lipinski definition) is 6. The molecule has 9 nitrogen and oxygen atoms in total. The number of primary sulfonamides is 1. The van der Waals surface area contributed by atoms with E-state index in [9.17, 15) is 18.0 Å². The van der Waals surface area contributed by atoms with Gasteiger partial charge in [-0.15, -0.1) is 0 Å². The predicted molar refractivity (Wildman–Crippen MR) is 127 cm³/mol. The highest BCUT2D eigenvalue weighted by molar-refractivity contribution is 7.89. The summed E-state index contributed by atoms with van der Waals surface area (Å²) in [4.78, 5) is 25.3. The van der Waals surface area contributed by atoms with E-state index in [1.54, 1.807) is 48.5 Å². The van der Waals surface area contributed by atoms with E-state index in [2.05, 4.69) is 10.6 Å². The van der Waals surface area contributed by atoms with Crippen molar-refractivity contribution < 1.29 is 27.5 Å². The van der Waals surface area contributed by atoms with Gasteiger partial charge in [0.25, 0.3) is 11.8 Å². The van der Waals surface area contributed by atoms with Crippen molar-refractivity contribution in [2.45, 2.75) is 18.2 Å². The van der Waals surface area contributed by atoms with Crippen LogP contribution in [0.4, 0.5) is 0 Å². The highest BCUT2D eigenvalue weighted by Gasteiger charge is 2.16. The molecule has 0 aliphatic rings. The summed E-state index contributed by atoms with van der Waals surface area (Å²) in [6, 6.07) is 16.0. The maximum absolute atomic E-state index is 12.7. The third kappa shape index (κ3) is 6.64. The molecule has 5 N–H and O–H groups in total. The van der Waals surface area contributed by atoms with Gasteiger partial charge in [-0.1, -0.05) is 17.7 Å². The van der Waals surface area contributed by atoms with Gasteiger partial charge in [0.1, 0.15) is 17.2 Å². The van der Waals surface area contributed by atoms with Crippen molar-refractivity contribution in [1.29, 1.82) is 0 Å². The lowest BCUT2D eigenvalue weighted by molar-refractivity contribution is -0.117. The summed E-state index contributed by atoms with van der Waals surface area (Å²) in [5.74, 6) is -0.280. The molecule has 2 amide bonds. The van der Waals surface area contributed by atoms with Gasteiger partial charge in [0, 0.05) is 30.4 Å². The molecule has 0 aliphatic heterocycles. The number of sulfonamides is 1. The van der Waals surface area contributed by atoms with Crippen LogP contribution in [0.2, 0.25) is 0 Å². The Balaban J connectivity index is 1.85. The molecule has 2 aromatic carbocycles. The first kappa shape index (κ1) is 24.9. The van der Waals surface area contributed by atoms with Gasteiger partial charge in [-0.25, -0.2) is 13.6 Å². The van der Waals surface area contributed by atoms with E-state index in [0.717, 1.165) is 5.56 Å². The van der Waals surface area contributed by atoms with Gasteiger partial charge >= 0.3 is 0 Å². The lowest BCUT2D eigenvalue weighted by atomic mass is 10.1. The van der Waals surface area contributed by atoms with Crippen LogP contribution in [-0.4, -0.2) is 38.5 Å². The quantitative estimate of drug-likeness (QED) is 0.270. The zero-order valence-corrected chi connectivity index (χ0v) is 19.3. The molecule has 0 saturated carbocycles. The average molecular weight is 484 g/mol. The summed E-state index contributed by atoms with van der Waals surface area (Å²) in [5, 5.41) is 19.3. The van der Waals surface area contributed by atoms with Gasteiger partial charge in [0.05, 0.1) is 4.90 Å². The van der Waals surface area contributed by atoms with Crippen molar-refractivity contribution in [3.8, 4) is 11.3 Å². The van der Waals surface area contributed by atoms with Crippen LogP contribution in [0.15, 0.2) is 75.7 Å². The second-order valence-corrected chi connectivity index (χ2v) is 9.04. The van der Waals surface area contributed by atoms with E-state index in [4.69, 9.17) is 14.7 Å². The molecule has 10 heteroatoms. The molecule has 178 valence electrons. The van der Waals surface area contributed by atoms with Crippen molar-refractivity contribution in [2.24, 2.45) is 5.14 Å². The van der Waals surface area contributed by atoms with E-state index in [0.29, 0.717) is 29.1 Å². The van der Waals surface area contributed by atoms with E-state index >= 15 is 0 Å². The number of aryl methyl sites for hydroxylation is 1. The Morgan fingerprint density at radius 1 is 1.03 bits per heavy atom.